The number of phenols is 1. The molecule has 0 saturated carbocycles. The van der Waals surface area contributed by atoms with Crippen molar-refractivity contribution >= 4 is 5.97 Å². The molecule has 3 aliphatic heterocycles. The summed E-state index contributed by atoms with van der Waals surface area (Å²) in [5.74, 6) is 1.20. The third-order valence-corrected chi connectivity index (χ3v) is 4.69. The van der Waals surface area contributed by atoms with Crippen LogP contribution in [0, 0.1) is 6.92 Å². The Morgan fingerprint density at radius 2 is 2.16 bits per heavy atom. The van der Waals surface area contributed by atoms with Crippen LogP contribution in [0.25, 0.3) is 0 Å². The summed E-state index contributed by atoms with van der Waals surface area (Å²) >= 11 is 0. The molecular weight excluding hydrogens is 250 g/mol. The van der Waals surface area contributed by atoms with E-state index in [1.807, 2.05) is 0 Å². The van der Waals surface area contributed by atoms with Gasteiger partial charge in [0.1, 0.15) is 5.75 Å². The maximum absolute atomic E-state index is 11.5. The quantitative estimate of drug-likeness (QED) is 0.666. The first kappa shape index (κ1) is 9.91. The number of fused-ring (bicyclic) bond motifs is 5. The third-order valence-electron chi connectivity index (χ3n) is 4.69. The summed E-state index contributed by atoms with van der Waals surface area (Å²) in [5, 5.41) is 13.7. The van der Waals surface area contributed by atoms with Crippen molar-refractivity contribution in [2.45, 2.75) is 31.0 Å². The number of phenolic OH excluding ortho intramolecular Hbond substituents is 1. The summed E-state index contributed by atoms with van der Waals surface area (Å²) in [6.07, 6.45) is 0.658. The summed E-state index contributed by atoms with van der Waals surface area (Å²) in [5.41, 5.74) is 1.55. The zero-order valence-electron chi connectivity index (χ0n) is 10.1. The minimum Gasteiger partial charge on any atom is -0.507 e. The van der Waals surface area contributed by atoms with Gasteiger partial charge in [0.25, 0.3) is 0 Å². The molecule has 1 spiro atoms. The van der Waals surface area contributed by atoms with E-state index in [2.05, 4.69) is 5.32 Å². The molecule has 0 radical (unpaired) electrons. The normalized spacial score (nSPS) is 35.7. The first-order valence-corrected chi connectivity index (χ1v) is 6.28. The Bertz CT molecular complexity index is 670. The second-order valence-corrected chi connectivity index (χ2v) is 5.49. The Balaban J connectivity index is 1.86. The zero-order valence-corrected chi connectivity index (χ0v) is 10.1. The van der Waals surface area contributed by atoms with Gasteiger partial charge in [-0.25, -0.2) is 0 Å². The summed E-state index contributed by atoms with van der Waals surface area (Å²) in [7, 11) is 0. The molecule has 98 valence electrons. The average Bonchev–Trinajstić information content (AvgIpc) is 3.03. The summed E-state index contributed by atoms with van der Waals surface area (Å²) in [6, 6.07) is -0.357. The maximum atomic E-state index is 11.5. The van der Waals surface area contributed by atoms with Crippen LogP contribution >= 0.6 is 0 Å². The Labute approximate surface area is 108 Å². The van der Waals surface area contributed by atoms with Gasteiger partial charge in [-0.3, -0.25) is 10.1 Å². The van der Waals surface area contributed by atoms with Crippen LogP contribution in [0.4, 0.5) is 0 Å². The van der Waals surface area contributed by atoms with Gasteiger partial charge >= 0.3 is 5.97 Å². The molecule has 6 heteroatoms. The molecule has 2 saturated heterocycles. The third kappa shape index (κ3) is 0.823. The number of carbonyl (C=O) groups is 1. The molecule has 1 aromatic rings. The van der Waals surface area contributed by atoms with Crippen molar-refractivity contribution in [3.8, 4) is 17.2 Å². The Hall–Kier alpha value is -1.95. The first-order valence-electron chi connectivity index (χ1n) is 6.28. The summed E-state index contributed by atoms with van der Waals surface area (Å²) < 4.78 is 16.4. The Morgan fingerprint density at radius 1 is 1.37 bits per heavy atom. The fourth-order valence-electron chi connectivity index (χ4n) is 3.89. The van der Waals surface area contributed by atoms with Crippen molar-refractivity contribution in [2.24, 2.45) is 0 Å². The van der Waals surface area contributed by atoms with E-state index in [1.165, 1.54) is 0 Å². The Kier molecular flexibility index (Phi) is 1.38. The number of hydrogen-bond acceptors (Lipinski definition) is 6. The number of hydrogen-bond donors (Lipinski definition) is 2. The van der Waals surface area contributed by atoms with E-state index in [1.54, 1.807) is 6.92 Å². The van der Waals surface area contributed by atoms with E-state index in [0.717, 1.165) is 5.56 Å². The second kappa shape index (κ2) is 2.65. The predicted octanol–water partition coefficient (Wildman–Crippen LogP) is 0.598. The number of esters is 1. The van der Waals surface area contributed by atoms with Crippen molar-refractivity contribution in [1.82, 2.24) is 5.32 Å². The van der Waals surface area contributed by atoms with Crippen molar-refractivity contribution in [3.63, 3.8) is 0 Å². The number of ether oxygens (including phenoxy) is 3. The maximum Gasteiger partial charge on any atom is 0.328 e. The molecule has 1 aliphatic carbocycles. The molecule has 2 fully saturated rings. The molecule has 19 heavy (non-hydrogen) atoms. The minimum atomic E-state index is -0.701. The van der Waals surface area contributed by atoms with Gasteiger partial charge in [0.2, 0.25) is 6.79 Å². The van der Waals surface area contributed by atoms with Crippen LogP contribution in [0.15, 0.2) is 0 Å². The molecule has 0 amide bonds. The van der Waals surface area contributed by atoms with Crippen molar-refractivity contribution in [1.29, 1.82) is 0 Å². The number of aromatic hydroxyl groups is 1. The highest BCUT2D eigenvalue weighted by Crippen LogP contribution is 2.65. The van der Waals surface area contributed by atoms with Crippen LogP contribution in [0.1, 0.15) is 29.2 Å². The lowest BCUT2D eigenvalue weighted by molar-refractivity contribution is -0.197. The van der Waals surface area contributed by atoms with Gasteiger partial charge in [-0.15, -0.1) is 0 Å². The zero-order chi connectivity index (χ0) is 12.9. The molecule has 2 N–H and O–H groups in total. The lowest BCUT2D eigenvalue weighted by Crippen LogP contribution is -2.61. The molecule has 3 atom stereocenters. The Morgan fingerprint density at radius 3 is 2.95 bits per heavy atom. The average molecular weight is 261 g/mol. The van der Waals surface area contributed by atoms with Gasteiger partial charge in [0.15, 0.2) is 23.1 Å². The molecule has 0 aromatic heterocycles. The van der Waals surface area contributed by atoms with Crippen LogP contribution in [0.3, 0.4) is 0 Å². The highest BCUT2D eigenvalue weighted by atomic mass is 16.7. The summed E-state index contributed by atoms with van der Waals surface area (Å²) in [4.78, 5) is 11.5. The van der Waals surface area contributed by atoms with E-state index in [4.69, 9.17) is 14.2 Å². The number of rotatable bonds is 0. The monoisotopic (exact) mass is 261 g/mol. The molecule has 4 aliphatic rings. The fourth-order valence-corrected chi connectivity index (χ4v) is 3.89. The first-order chi connectivity index (χ1) is 9.13. The minimum absolute atomic E-state index is 0.0200. The van der Waals surface area contributed by atoms with E-state index < -0.39 is 5.60 Å². The largest absolute Gasteiger partial charge is 0.507 e. The van der Waals surface area contributed by atoms with E-state index in [0.29, 0.717) is 29.0 Å². The molecule has 5 rings (SSSR count). The molecule has 6 nitrogen and oxygen atoms in total. The van der Waals surface area contributed by atoms with E-state index in [-0.39, 0.29) is 30.6 Å². The number of benzene rings is 1. The van der Waals surface area contributed by atoms with Crippen LogP contribution in [-0.2, 0) is 15.1 Å². The molecular formula is C13H11NO5. The van der Waals surface area contributed by atoms with E-state index >= 15 is 0 Å². The number of nitrogens with one attached hydrogen (secondary N) is 1. The SMILES string of the molecule is Cc1c(O)c2c(c3c1OCO3)[C@H]1CC23OC(=O)[C@@H]3N1. The van der Waals surface area contributed by atoms with Crippen LogP contribution in [-0.4, -0.2) is 23.9 Å². The smallest absolute Gasteiger partial charge is 0.328 e. The van der Waals surface area contributed by atoms with Gasteiger partial charge in [-0.05, 0) is 6.92 Å². The molecule has 2 bridgehead atoms. The van der Waals surface area contributed by atoms with Crippen molar-refractivity contribution in [2.75, 3.05) is 6.79 Å². The predicted molar refractivity (Wildman–Crippen MR) is 61.0 cm³/mol. The van der Waals surface area contributed by atoms with E-state index in [9.17, 15) is 9.90 Å². The topological polar surface area (TPSA) is 77.0 Å². The summed E-state index contributed by atoms with van der Waals surface area (Å²) in [6.45, 7) is 1.95. The fraction of sp³-hybridized carbons (Fsp3) is 0.462. The number of carbonyl (C=O) groups excluding carboxylic acids is 1. The highest BCUT2D eigenvalue weighted by Gasteiger charge is 2.70. The van der Waals surface area contributed by atoms with Gasteiger partial charge in [0.05, 0.1) is 0 Å². The lowest BCUT2D eigenvalue weighted by atomic mass is 9.82. The standard InChI is InChI=1S/C13H11NO5/c1-4-8(15)7-6(10-9(4)17-3-18-10)5-2-13(7)11(14-5)12(16)19-13/h5,11,14-15H,2-3H2,1H3/t5-,11+,13?/m1/s1. The second-order valence-electron chi connectivity index (χ2n) is 5.49. The van der Waals surface area contributed by atoms with Crippen LogP contribution < -0.4 is 14.8 Å². The van der Waals surface area contributed by atoms with Crippen molar-refractivity contribution in [3.05, 3.63) is 16.7 Å². The molecule has 3 heterocycles. The van der Waals surface area contributed by atoms with Crippen molar-refractivity contribution < 1.29 is 24.1 Å². The molecule has 1 unspecified atom stereocenters. The van der Waals surface area contributed by atoms with Gasteiger partial charge < -0.3 is 19.3 Å². The van der Waals surface area contributed by atoms with Gasteiger partial charge in [-0.1, -0.05) is 0 Å². The van der Waals surface area contributed by atoms with Crippen LogP contribution in [0.5, 0.6) is 17.2 Å². The molecule has 1 aromatic carbocycles. The van der Waals surface area contributed by atoms with Gasteiger partial charge in [-0.2, -0.15) is 0 Å². The lowest BCUT2D eigenvalue weighted by Gasteiger charge is -2.44. The van der Waals surface area contributed by atoms with Crippen LogP contribution in [0.2, 0.25) is 0 Å². The van der Waals surface area contributed by atoms with Gasteiger partial charge in [0, 0.05) is 29.2 Å². The highest BCUT2D eigenvalue weighted by molar-refractivity contribution is 5.89.